The Balaban J connectivity index is 1.76. The molecule has 0 aromatic heterocycles. The summed E-state index contributed by atoms with van der Waals surface area (Å²) < 4.78 is 75.7. The van der Waals surface area contributed by atoms with E-state index in [1.165, 1.54) is 36.4 Å². The standard InChI is InChI=1S/C28H27F5N2O2/c1-15(9-10-34)20-12-19(6-7-24(20)30)35-27(36)22-13-23(28(31,32)33)21(17-3-4-17)14-26(22)37-25-8-5-18(29)11-16(25)2/h5-8,11-15,17H,3-4,9-10,34H2,1-2H3,(H,35,36). The van der Waals surface area contributed by atoms with Crippen molar-refractivity contribution in [2.24, 2.45) is 5.73 Å². The number of ether oxygens (including phenoxy) is 1. The Morgan fingerprint density at radius 1 is 1.08 bits per heavy atom. The molecule has 196 valence electrons. The zero-order valence-electron chi connectivity index (χ0n) is 20.4. The summed E-state index contributed by atoms with van der Waals surface area (Å²) in [4.78, 5) is 13.3. The molecule has 4 nitrogen and oxygen atoms in total. The lowest BCUT2D eigenvalue weighted by molar-refractivity contribution is -0.138. The van der Waals surface area contributed by atoms with Gasteiger partial charge in [-0.1, -0.05) is 6.92 Å². The minimum absolute atomic E-state index is 0.0542. The van der Waals surface area contributed by atoms with Gasteiger partial charge in [-0.3, -0.25) is 4.79 Å². The van der Waals surface area contributed by atoms with E-state index in [0.29, 0.717) is 36.9 Å². The summed E-state index contributed by atoms with van der Waals surface area (Å²) in [5.41, 5.74) is 5.35. The first-order valence-corrected chi connectivity index (χ1v) is 12.0. The summed E-state index contributed by atoms with van der Waals surface area (Å²) in [7, 11) is 0. The maximum Gasteiger partial charge on any atom is 0.416 e. The van der Waals surface area contributed by atoms with Gasteiger partial charge in [0.25, 0.3) is 5.91 Å². The molecule has 1 fully saturated rings. The minimum atomic E-state index is -4.68. The van der Waals surface area contributed by atoms with Crippen molar-refractivity contribution in [3.05, 3.63) is 88.0 Å². The summed E-state index contributed by atoms with van der Waals surface area (Å²) in [6.45, 7) is 3.72. The average molecular weight is 519 g/mol. The fourth-order valence-corrected chi connectivity index (χ4v) is 4.28. The van der Waals surface area contributed by atoms with Crippen molar-refractivity contribution in [3.63, 3.8) is 0 Å². The molecule has 1 saturated carbocycles. The van der Waals surface area contributed by atoms with Crippen molar-refractivity contribution in [2.45, 2.75) is 51.1 Å². The Hall–Kier alpha value is -3.46. The summed E-state index contributed by atoms with van der Waals surface area (Å²) in [6.07, 6.45) is -2.97. The predicted molar refractivity (Wildman–Crippen MR) is 131 cm³/mol. The molecule has 3 aromatic rings. The number of nitrogens with two attached hydrogens (primary N) is 1. The van der Waals surface area contributed by atoms with Gasteiger partial charge in [-0.15, -0.1) is 0 Å². The average Bonchev–Trinajstić information content (AvgIpc) is 3.66. The number of nitrogens with one attached hydrogen (secondary N) is 1. The fourth-order valence-electron chi connectivity index (χ4n) is 4.28. The van der Waals surface area contributed by atoms with Gasteiger partial charge in [-0.2, -0.15) is 13.2 Å². The quantitative estimate of drug-likeness (QED) is 0.301. The van der Waals surface area contributed by atoms with Crippen LogP contribution in [0.15, 0.2) is 48.5 Å². The molecule has 1 amide bonds. The lowest BCUT2D eigenvalue weighted by Gasteiger charge is -2.19. The molecule has 1 atom stereocenters. The number of amides is 1. The second-order valence-corrected chi connectivity index (χ2v) is 9.39. The van der Waals surface area contributed by atoms with Gasteiger partial charge in [-0.05, 0) is 110 Å². The normalized spacial score (nSPS) is 14.4. The van der Waals surface area contributed by atoms with Crippen LogP contribution in [0.3, 0.4) is 0 Å². The summed E-state index contributed by atoms with van der Waals surface area (Å²) in [5, 5.41) is 2.57. The van der Waals surface area contributed by atoms with Gasteiger partial charge in [0.15, 0.2) is 0 Å². The summed E-state index contributed by atoms with van der Waals surface area (Å²) >= 11 is 0. The van der Waals surface area contributed by atoms with E-state index in [1.54, 1.807) is 13.8 Å². The van der Waals surface area contributed by atoms with Crippen molar-refractivity contribution in [3.8, 4) is 11.5 Å². The highest BCUT2D eigenvalue weighted by Crippen LogP contribution is 2.48. The molecule has 0 spiro atoms. The maximum absolute atomic E-state index is 14.4. The molecular formula is C28H27F5N2O2. The lowest BCUT2D eigenvalue weighted by atomic mass is 9.96. The number of hydrogen-bond acceptors (Lipinski definition) is 3. The maximum atomic E-state index is 14.4. The molecule has 9 heteroatoms. The molecule has 4 rings (SSSR count). The van der Waals surface area contributed by atoms with Gasteiger partial charge in [0, 0.05) is 5.69 Å². The van der Waals surface area contributed by atoms with Crippen LogP contribution in [0, 0.1) is 18.6 Å². The van der Waals surface area contributed by atoms with Crippen LogP contribution in [0.4, 0.5) is 27.6 Å². The number of halogens is 5. The molecule has 1 aliphatic rings. The zero-order valence-corrected chi connectivity index (χ0v) is 20.4. The third-order valence-electron chi connectivity index (χ3n) is 6.46. The third-order valence-corrected chi connectivity index (χ3v) is 6.46. The molecule has 3 N–H and O–H groups in total. The molecule has 0 aliphatic heterocycles. The number of alkyl halides is 3. The molecule has 37 heavy (non-hydrogen) atoms. The zero-order chi connectivity index (χ0) is 26.9. The minimum Gasteiger partial charge on any atom is -0.456 e. The number of aryl methyl sites for hydroxylation is 1. The van der Waals surface area contributed by atoms with Crippen molar-refractivity contribution < 1.29 is 31.5 Å². The van der Waals surface area contributed by atoms with Crippen LogP contribution in [-0.4, -0.2) is 12.5 Å². The first-order valence-electron chi connectivity index (χ1n) is 12.0. The highest BCUT2D eigenvalue weighted by Gasteiger charge is 2.40. The van der Waals surface area contributed by atoms with E-state index in [9.17, 15) is 26.7 Å². The van der Waals surface area contributed by atoms with E-state index >= 15 is 0 Å². The number of hydrogen-bond donors (Lipinski definition) is 2. The Labute approximate surface area is 211 Å². The Kier molecular flexibility index (Phi) is 7.54. The fraction of sp³-hybridized carbons (Fsp3) is 0.321. The van der Waals surface area contributed by atoms with Crippen molar-refractivity contribution in [1.82, 2.24) is 0 Å². The summed E-state index contributed by atoms with van der Waals surface area (Å²) in [5.74, 6) is -2.21. The van der Waals surface area contributed by atoms with Gasteiger partial charge in [0.2, 0.25) is 0 Å². The monoisotopic (exact) mass is 518 g/mol. The van der Waals surface area contributed by atoms with Gasteiger partial charge >= 0.3 is 6.18 Å². The topological polar surface area (TPSA) is 64.3 Å². The van der Waals surface area contributed by atoms with E-state index in [-0.39, 0.29) is 40.1 Å². The number of anilines is 1. The van der Waals surface area contributed by atoms with Crippen LogP contribution in [-0.2, 0) is 6.18 Å². The molecular weight excluding hydrogens is 491 g/mol. The number of carbonyl (C=O) groups is 1. The largest absolute Gasteiger partial charge is 0.456 e. The second kappa shape index (κ2) is 10.5. The first-order chi connectivity index (χ1) is 17.5. The highest BCUT2D eigenvalue weighted by atomic mass is 19.4. The van der Waals surface area contributed by atoms with Crippen molar-refractivity contribution in [2.75, 3.05) is 11.9 Å². The molecule has 3 aromatic carbocycles. The van der Waals surface area contributed by atoms with Crippen LogP contribution in [0.2, 0.25) is 0 Å². The van der Waals surface area contributed by atoms with Crippen LogP contribution >= 0.6 is 0 Å². The van der Waals surface area contributed by atoms with Crippen molar-refractivity contribution in [1.29, 1.82) is 0 Å². The number of rotatable bonds is 8. The molecule has 0 radical (unpaired) electrons. The van der Waals surface area contributed by atoms with E-state index in [2.05, 4.69) is 5.32 Å². The van der Waals surface area contributed by atoms with Crippen LogP contribution < -0.4 is 15.8 Å². The number of carbonyl (C=O) groups excluding carboxylic acids is 1. The SMILES string of the molecule is Cc1cc(F)ccc1Oc1cc(C2CC2)c(C(F)(F)F)cc1C(=O)Nc1ccc(F)c(C(C)CCN)c1. The number of benzene rings is 3. The molecule has 0 saturated heterocycles. The van der Waals surface area contributed by atoms with E-state index in [0.717, 1.165) is 12.1 Å². The first kappa shape index (κ1) is 26.6. The van der Waals surface area contributed by atoms with Crippen LogP contribution in [0.5, 0.6) is 11.5 Å². The smallest absolute Gasteiger partial charge is 0.416 e. The van der Waals surface area contributed by atoms with Crippen LogP contribution in [0.1, 0.15) is 70.6 Å². The van der Waals surface area contributed by atoms with Crippen LogP contribution in [0.25, 0.3) is 0 Å². The summed E-state index contributed by atoms with van der Waals surface area (Å²) in [6, 6.07) is 9.75. The van der Waals surface area contributed by atoms with E-state index in [1.807, 2.05) is 0 Å². The lowest BCUT2D eigenvalue weighted by Crippen LogP contribution is -2.17. The molecule has 0 bridgehead atoms. The van der Waals surface area contributed by atoms with Gasteiger partial charge in [0.1, 0.15) is 23.1 Å². The van der Waals surface area contributed by atoms with E-state index in [4.69, 9.17) is 10.5 Å². The van der Waals surface area contributed by atoms with Gasteiger partial charge in [0.05, 0.1) is 11.1 Å². The molecule has 1 unspecified atom stereocenters. The van der Waals surface area contributed by atoms with Crippen molar-refractivity contribution >= 4 is 11.6 Å². The Bertz CT molecular complexity index is 1320. The van der Waals surface area contributed by atoms with Gasteiger partial charge < -0.3 is 15.8 Å². The molecule has 1 aliphatic carbocycles. The third kappa shape index (κ3) is 6.10. The Morgan fingerprint density at radius 2 is 1.81 bits per heavy atom. The highest BCUT2D eigenvalue weighted by molar-refractivity contribution is 6.06. The predicted octanol–water partition coefficient (Wildman–Crippen LogP) is 7.67. The Morgan fingerprint density at radius 3 is 2.43 bits per heavy atom. The van der Waals surface area contributed by atoms with Gasteiger partial charge in [-0.25, -0.2) is 8.78 Å². The molecule has 0 heterocycles. The van der Waals surface area contributed by atoms with E-state index < -0.39 is 29.3 Å². The second-order valence-electron chi connectivity index (χ2n) is 9.39.